The molecule has 0 saturated heterocycles. The molecule has 3 nitrogen and oxygen atoms in total. The van der Waals surface area contributed by atoms with Crippen molar-refractivity contribution in [2.45, 2.75) is 6.92 Å². The summed E-state index contributed by atoms with van der Waals surface area (Å²) >= 11 is 10.4. The minimum atomic E-state index is 0.578. The highest BCUT2D eigenvalue weighted by atomic mass is 79.9. The molecule has 0 aliphatic rings. The maximum Gasteiger partial charge on any atom is 0.227 e. The number of nitrogens with zero attached hydrogens (tertiary/aromatic N) is 1. The lowest BCUT2D eigenvalue weighted by Gasteiger charge is -2.05. The number of oxazole rings is 1. The van der Waals surface area contributed by atoms with Crippen LogP contribution < -0.4 is 5.73 Å². The molecule has 3 aromatic rings. The second kappa shape index (κ2) is 5.16. The molecule has 0 atom stereocenters. The van der Waals surface area contributed by atoms with E-state index in [0.29, 0.717) is 11.6 Å². The lowest BCUT2D eigenvalue weighted by atomic mass is 10.2. The molecule has 20 heavy (non-hydrogen) atoms. The zero-order chi connectivity index (χ0) is 14.4. The van der Waals surface area contributed by atoms with Gasteiger partial charge in [0.15, 0.2) is 5.58 Å². The van der Waals surface area contributed by atoms with E-state index in [4.69, 9.17) is 10.2 Å². The van der Waals surface area contributed by atoms with Gasteiger partial charge in [-0.1, -0.05) is 15.9 Å². The van der Waals surface area contributed by atoms with Crippen LogP contribution in [-0.2, 0) is 0 Å². The summed E-state index contributed by atoms with van der Waals surface area (Å²) in [6.45, 7) is 1.95. The number of hydrogen-bond acceptors (Lipinski definition) is 3. The van der Waals surface area contributed by atoms with Crippen LogP contribution in [0.5, 0.6) is 0 Å². The highest BCUT2D eigenvalue weighted by Crippen LogP contribution is 2.40. The Morgan fingerprint density at radius 2 is 1.70 bits per heavy atom. The van der Waals surface area contributed by atoms with Crippen molar-refractivity contribution in [3.05, 3.63) is 43.2 Å². The first-order chi connectivity index (χ1) is 9.49. The summed E-state index contributed by atoms with van der Waals surface area (Å²) in [5.74, 6) is 0.578. The molecular weight excluding hydrogens is 452 g/mol. The van der Waals surface area contributed by atoms with Crippen molar-refractivity contribution in [3.63, 3.8) is 0 Å². The van der Waals surface area contributed by atoms with Crippen molar-refractivity contribution < 1.29 is 4.42 Å². The predicted molar refractivity (Wildman–Crippen MR) is 91.7 cm³/mol. The average molecular weight is 461 g/mol. The number of hydrogen-bond donors (Lipinski definition) is 1. The van der Waals surface area contributed by atoms with Gasteiger partial charge < -0.3 is 10.2 Å². The Morgan fingerprint density at radius 1 is 1.05 bits per heavy atom. The Morgan fingerprint density at radius 3 is 2.35 bits per heavy atom. The van der Waals surface area contributed by atoms with E-state index in [0.717, 1.165) is 35.6 Å². The molecule has 3 rings (SSSR count). The molecular formula is C14H9Br3N2O. The molecule has 102 valence electrons. The second-order valence-corrected chi connectivity index (χ2v) is 6.87. The number of aromatic nitrogens is 1. The van der Waals surface area contributed by atoms with Gasteiger partial charge in [0, 0.05) is 20.1 Å². The van der Waals surface area contributed by atoms with Crippen molar-refractivity contribution in [3.8, 4) is 11.5 Å². The molecule has 2 N–H and O–H groups in total. The lowest BCUT2D eigenvalue weighted by Crippen LogP contribution is -1.92. The van der Waals surface area contributed by atoms with Gasteiger partial charge in [-0.15, -0.1) is 0 Å². The first-order valence-corrected chi connectivity index (χ1v) is 8.16. The van der Waals surface area contributed by atoms with Crippen LogP contribution >= 0.6 is 47.8 Å². The Bertz CT molecular complexity index is 765. The first kappa shape index (κ1) is 14.1. The summed E-state index contributed by atoms with van der Waals surface area (Å²) in [5, 5.41) is 0. The number of nitrogen functional groups attached to an aromatic ring is 1. The van der Waals surface area contributed by atoms with Gasteiger partial charge in [-0.2, -0.15) is 0 Å². The zero-order valence-electron chi connectivity index (χ0n) is 10.4. The third-order valence-corrected chi connectivity index (χ3v) is 5.42. The van der Waals surface area contributed by atoms with E-state index in [-0.39, 0.29) is 0 Å². The van der Waals surface area contributed by atoms with Gasteiger partial charge in [0.25, 0.3) is 0 Å². The summed E-state index contributed by atoms with van der Waals surface area (Å²) in [6.07, 6.45) is 0. The Hall–Kier alpha value is -0.850. The van der Waals surface area contributed by atoms with Crippen LogP contribution in [-0.4, -0.2) is 4.98 Å². The number of rotatable bonds is 1. The summed E-state index contributed by atoms with van der Waals surface area (Å²) in [6, 6.07) is 7.82. The quantitative estimate of drug-likeness (QED) is 0.476. The van der Waals surface area contributed by atoms with Gasteiger partial charge in [-0.3, -0.25) is 0 Å². The Labute approximate surface area is 140 Å². The molecule has 2 aromatic carbocycles. The normalized spacial score (nSPS) is 11.2. The summed E-state index contributed by atoms with van der Waals surface area (Å²) < 4.78 is 8.49. The average Bonchev–Trinajstić information content (AvgIpc) is 2.89. The first-order valence-electron chi connectivity index (χ1n) is 5.78. The third kappa shape index (κ3) is 2.19. The largest absolute Gasteiger partial charge is 0.436 e. The number of nitrogens with two attached hydrogens (primary N) is 1. The van der Waals surface area contributed by atoms with E-state index in [1.165, 1.54) is 0 Å². The SMILES string of the molecule is Cc1c(Br)c(N)c(Br)c2nc(-c3ccc(Br)cc3)oc12. The minimum Gasteiger partial charge on any atom is -0.436 e. The van der Waals surface area contributed by atoms with Crippen LogP contribution in [0.2, 0.25) is 0 Å². The maximum atomic E-state index is 6.03. The highest BCUT2D eigenvalue weighted by Gasteiger charge is 2.18. The van der Waals surface area contributed by atoms with Crippen LogP contribution in [0.25, 0.3) is 22.6 Å². The zero-order valence-corrected chi connectivity index (χ0v) is 15.1. The highest BCUT2D eigenvalue weighted by molar-refractivity contribution is 9.11. The predicted octanol–water partition coefficient (Wildman–Crippen LogP) is 5.67. The van der Waals surface area contributed by atoms with Crippen LogP contribution in [0.4, 0.5) is 5.69 Å². The van der Waals surface area contributed by atoms with Crippen LogP contribution in [0, 0.1) is 6.92 Å². The van der Waals surface area contributed by atoms with Gasteiger partial charge >= 0.3 is 0 Å². The minimum absolute atomic E-state index is 0.578. The Kier molecular flexibility index (Phi) is 3.64. The number of aryl methyl sites for hydroxylation is 1. The smallest absolute Gasteiger partial charge is 0.227 e. The fraction of sp³-hybridized carbons (Fsp3) is 0.0714. The number of anilines is 1. The topological polar surface area (TPSA) is 52.0 Å². The molecule has 0 aliphatic carbocycles. The van der Waals surface area contributed by atoms with Gasteiger partial charge in [0.05, 0.1) is 10.2 Å². The van der Waals surface area contributed by atoms with Crippen molar-refractivity contribution in [2.24, 2.45) is 0 Å². The van der Waals surface area contributed by atoms with E-state index >= 15 is 0 Å². The third-order valence-electron chi connectivity index (χ3n) is 3.07. The van der Waals surface area contributed by atoms with E-state index < -0.39 is 0 Å². The molecule has 0 aliphatic heterocycles. The van der Waals surface area contributed by atoms with Crippen molar-refractivity contribution in [1.82, 2.24) is 4.98 Å². The van der Waals surface area contributed by atoms with Crippen molar-refractivity contribution in [2.75, 3.05) is 5.73 Å². The standard InChI is InChI=1S/C14H9Br3N2O/c1-6-9(16)11(18)10(17)12-13(6)20-14(19-12)7-2-4-8(15)5-3-7/h2-5H,18H2,1H3. The molecule has 0 unspecified atom stereocenters. The van der Waals surface area contributed by atoms with E-state index in [1.807, 2.05) is 31.2 Å². The number of benzene rings is 2. The Balaban J connectivity index is 2.28. The summed E-state index contributed by atoms with van der Waals surface area (Å²) in [5.41, 5.74) is 10.00. The van der Waals surface area contributed by atoms with Gasteiger partial charge in [-0.25, -0.2) is 4.98 Å². The van der Waals surface area contributed by atoms with Gasteiger partial charge in [-0.05, 0) is 63.0 Å². The monoisotopic (exact) mass is 458 g/mol. The summed E-state index contributed by atoms with van der Waals surface area (Å²) in [7, 11) is 0. The summed E-state index contributed by atoms with van der Waals surface area (Å²) in [4.78, 5) is 4.55. The molecule has 0 fully saturated rings. The molecule has 0 bridgehead atoms. The van der Waals surface area contributed by atoms with Gasteiger partial charge in [0.2, 0.25) is 5.89 Å². The fourth-order valence-corrected chi connectivity index (χ4v) is 3.34. The molecule has 0 radical (unpaired) electrons. The van der Waals surface area contributed by atoms with Crippen LogP contribution in [0.15, 0.2) is 42.1 Å². The number of fused-ring (bicyclic) bond motifs is 1. The molecule has 1 aromatic heterocycles. The van der Waals surface area contributed by atoms with Crippen molar-refractivity contribution in [1.29, 1.82) is 0 Å². The van der Waals surface area contributed by atoms with Crippen LogP contribution in [0.3, 0.4) is 0 Å². The molecule has 1 heterocycles. The molecule has 0 spiro atoms. The van der Waals surface area contributed by atoms with Gasteiger partial charge in [0.1, 0.15) is 5.52 Å². The number of halogens is 3. The second-order valence-electron chi connectivity index (χ2n) is 4.37. The van der Waals surface area contributed by atoms with Crippen LogP contribution in [0.1, 0.15) is 5.56 Å². The van der Waals surface area contributed by atoms with E-state index in [2.05, 4.69) is 52.8 Å². The van der Waals surface area contributed by atoms with Crippen molar-refractivity contribution >= 4 is 64.6 Å². The molecule has 0 saturated carbocycles. The van der Waals surface area contributed by atoms with E-state index in [9.17, 15) is 0 Å². The molecule has 6 heteroatoms. The fourth-order valence-electron chi connectivity index (χ4n) is 1.96. The molecule has 0 amide bonds. The maximum absolute atomic E-state index is 6.03. The van der Waals surface area contributed by atoms with E-state index in [1.54, 1.807) is 0 Å². The lowest BCUT2D eigenvalue weighted by molar-refractivity contribution is 0.617.